The van der Waals surface area contributed by atoms with Gasteiger partial charge < -0.3 is 0 Å². The van der Waals surface area contributed by atoms with Crippen molar-refractivity contribution in [2.75, 3.05) is 13.2 Å². The van der Waals surface area contributed by atoms with Gasteiger partial charge in [0.25, 0.3) is 0 Å². The summed E-state index contributed by atoms with van der Waals surface area (Å²) < 4.78 is 29.3. The number of hydrogen-bond donors (Lipinski definition) is 0. The van der Waals surface area contributed by atoms with E-state index >= 15 is 0 Å². The van der Waals surface area contributed by atoms with Crippen molar-refractivity contribution in [3.05, 3.63) is 32.7 Å². The Morgan fingerprint density at radius 3 is 2.28 bits per heavy atom. The Morgan fingerprint density at radius 2 is 1.72 bits per heavy atom. The fourth-order valence-corrected chi connectivity index (χ4v) is 3.15. The van der Waals surface area contributed by atoms with E-state index in [4.69, 9.17) is 13.6 Å². The molecule has 0 unspecified atom stereocenters. The summed E-state index contributed by atoms with van der Waals surface area (Å²) in [6.45, 7) is 4.18. The van der Waals surface area contributed by atoms with Gasteiger partial charge in [0.15, 0.2) is 0 Å². The molecular formula is C11H15Br2O4P. The van der Waals surface area contributed by atoms with E-state index < -0.39 is 7.82 Å². The molecule has 0 aliphatic carbocycles. The molecule has 0 aliphatic heterocycles. The van der Waals surface area contributed by atoms with Gasteiger partial charge in [-0.1, -0.05) is 31.9 Å². The molecule has 0 atom stereocenters. The van der Waals surface area contributed by atoms with Crippen LogP contribution >= 0.6 is 39.7 Å². The van der Waals surface area contributed by atoms with Crippen LogP contribution in [0.1, 0.15) is 19.4 Å². The van der Waals surface area contributed by atoms with E-state index in [1.165, 1.54) is 0 Å². The monoisotopic (exact) mass is 400 g/mol. The molecular weight excluding hydrogens is 387 g/mol. The maximum absolute atomic E-state index is 12.1. The van der Waals surface area contributed by atoms with Crippen LogP contribution < -0.4 is 0 Å². The van der Waals surface area contributed by atoms with E-state index in [1.807, 2.05) is 18.2 Å². The van der Waals surface area contributed by atoms with Crippen molar-refractivity contribution in [1.82, 2.24) is 0 Å². The van der Waals surface area contributed by atoms with Crippen LogP contribution in [-0.4, -0.2) is 13.2 Å². The lowest BCUT2D eigenvalue weighted by Gasteiger charge is -2.16. The SMILES string of the molecule is CCOP(=O)(OCC)OCc1cc(Br)ccc1Br. The zero-order chi connectivity index (χ0) is 13.6. The summed E-state index contributed by atoms with van der Waals surface area (Å²) in [6, 6.07) is 5.67. The first kappa shape index (κ1) is 16.3. The van der Waals surface area contributed by atoms with E-state index in [2.05, 4.69) is 31.9 Å². The maximum atomic E-state index is 12.1. The Labute approximate surface area is 124 Å². The molecule has 1 aromatic rings. The van der Waals surface area contributed by atoms with Gasteiger partial charge in [-0.15, -0.1) is 0 Å². The number of rotatable bonds is 7. The predicted molar refractivity (Wildman–Crippen MR) is 77.5 cm³/mol. The van der Waals surface area contributed by atoms with E-state index in [0.717, 1.165) is 14.5 Å². The van der Waals surface area contributed by atoms with Gasteiger partial charge in [0, 0.05) is 8.95 Å². The lowest BCUT2D eigenvalue weighted by molar-refractivity contribution is 0.116. The third-order valence-corrected chi connectivity index (χ3v) is 4.82. The summed E-state index contributed by atoms with van der Waals surface area (Å²) in [7, 11) is -3.46. The number of phosphoric ester groups is 1. The van der Waals surface area contributed by atoms with Gasteiger partial charge in [0.2, 0.25) is 0 Å². The fraction of sp³-hybridized carbons (Fsp3) is 0.455. The number of benzene rings is 1. The van der Waals surface area contributed by atoms with Gasteiger partial charge in [-0.3, -0.25) is 13.6 Å². The Hall–Kier alpha value is 0.290. The Balaban J connectivity index is 2.72. The lowest BCUT2D eigenvalue weighted by atomic mass is 10.2. The molecule has 0 saturated carbocycles. The molecule has 7 heteroatoms. The largest absolute Gasteiger partial charge is 0.475 e. The zero-order valence-corrected chi connectivity index (χ0v) is 14.3. The third kappa shape index (κ3) is 5.11. The van der Waals surface area contributed by atoms with E-state index in [1.54, 1.807) is 13.8 Å². The third-order valence-electron chi connectivity index (χ3n) is 1.96. The molecule has 0 bridgehead atoms. The highest BCUT2D eigenvalue weighted by Gasteiger charge is 2.25. The van der Waals surface area contributed by atoms with Gasteiger partial charge in [-0.05, 0) is 37.6 Å². The first-order valence-electron chi connectivity index (χ1n) is 5.48. The quantitative estimate of drug-likeness (QED) is 0.609. The van der Waals surface area contributed by atoms with Gasteiger partial charge in [0.1, 0.15) is 0 Å². The van der Waals surface area contributed by atoms with Crippen LogP contribution in [0.4, 0.5) is 0 Å². The molecule has 0 amide bonds. The normalized spacial score (nSPS) is 11.8. The summed E-state index contributed by atoms with van der Waals surface area (Å²) >= 11 is 6.77. The average Bonchev–Trinajstić information content (AvgIpc) is 2.31. The Morgan fingerprint density at radius 1 is 1.11 bits per heavy atom. The van der Waals surface area contributed by atoms with Crippen LogP contribution in [0.25, 0.3) is 0 Å². The van der Waals surface area contributed by atoms with E-state index in [0.29, 0.717) is 0 Å². The maximum Gasteiger partial charge on any atom is 0.475 e. The Bertz CT molecular complexity index is 429. The van der Waals surface area contributed by atoms with Crippen LogP contribution in [0.5, 0.6) is 0 Å². The van der Waals surface area contributed by atoms with Crippen LogP contribution in [-0.2, 0) is 24.7 Å². The number of hydrogen-bond acceptors (Lipinski definition) is 4. The van der Waals surface area contributed by atoms with Gasteiger partial charge >= 0.3 is 7.82 Å². The van der Waals surface area contributed by atoms with Crippen molar-refractivity contribution >= 4 is 39.7 Å². The van der Waals surface area contributed by atoms with Gasteiger partial charge in [-0.2, -0.15) is 0 Å². The second-order valence-electron chi connectivity index (χ2n) is 3.29. The van der Waals surface area contributed by atoms with Crippen molar-refractivity contribution < 1.29 is 18.1 Å². The van der Waals surface area contributed by atoms with Gasteiger partial charge in [0.05, 0.1) is 19.8 Å². The summed E-state index contributed by atoms with van der Waals surface area (Å²) in [5.74, 6) is 0. The molecule has 1 aromatic carbocycles. The van der Waals surface area contributed by atoms with Crippen LogP contribution in [0.2, 0.25) is 0 Å². The number of phosphoric acid groups is 1. The van der Waals surface area contributed by atoms with E-state index in [9.17, 15) is 4.57 Å². The topological polar surface area (TPSA) is 44.8 Å². The van der Waals surface area contributed by atoms with Crippen molar-refractivity contribution in [3.8, 4) is 0 Å². The molecule has 0 aliphatic rings. The molecule has 4 nitrogen and oxygen atoms in total. The van der Waals surface area contributed by atoms with E-state index in [-0.39, 0.29) is 19.8 Å². The van der Waals surface area contributed by atoms with Crippen LogP contribution in [0, 0.1) is 0 Å². The summed E-state index contributed by atoms with van der Waals surface area (Å²) in [6.07, 6.45) is 0. The first-order valence-corrected chi connectivity index (χ1v) is 8.53. The fourth-order valence-electron chi connectivity index (χ4n) is 1.23. The van der Waals surface area contributed by atoms with Crippen molar-refractivity contribution in [2.45, 2.75) is 20.5 Å². The standard InChI is InChI=1S/C11H15Br2O4P/c1-3-15-18(14,16-4-2)17-8-9-7-10(12)5-6-11(9)13/h5-7H,3-4,8H2,1-2H3. The molecule has 102 valence electrons. The molecule has 0 spiro atoms. The predicted octanol–water partition coefficient (Wildman–Crippen LogP) is 4.91. The number of halogens is 2. The highest BCUT2D eigenvalue weighted by molar-refractivity contribution is 9.11. The molecule has 0 N–H and O–H groups in total. The minimum Gasteiger partial charge on any atom is -0.287 e. The highest BCUT2D eigenvalue weighted by Crippen LogP contribution is 2.50. The zero-order valence-electron chi connectivity index (χ0n) is 10.2. The molecule has 0 heterocycles. The van der Waals surface area contributed by atoms with Crippen molar-refractivity contribution in [2.24, 2.45) is 0 Å². The molecule has 0 fully saturated rings. The molecule has 1 rings (SSSR count). The Kier molecular flexibility index (Phi) is 7.06. The van der Waals surface area contributed by atoms with Crippen molar-refractivity contribution in [1.29, 1.82) is 0 Å². The van der Waals surface area contributed by atoms with Crippen LogP contribution in [0.15, 0.2) is 27.1 Å². The molecule has 0 saturated heterocycles. The molecule has 18 heavy (non-hydrogen) atoms. The minimum absolute atomic E-state index is 0.150. The summed E-state index contributed by atoms with van der Waals surface area (Å²) in [4.78, 5) is 0. The van der Waals surface area contributed by atoms with Gasteiger partial charge in [-0.25, -0.2) is 4.57 Å². The second kappa shape index (κ2) is 7.78. The van der Waals surface area contributed by atoms with Crippen molar-refractivity contribution in [3.63, 3.8) is 0 Å². The average molecular weight is 402 g/mol. The van der Waals surface area contributed by atoms with Crippen LogP contribution in [0.3, 0.4) is 0 Å². The first-order chi connectivity index (χ1) is 8.50. The summed E-state index contributed by atoms with van der Waals surface area (Å²) in [5, 5.41) is 0. The smallest absolute Gasteiger partial charge is 0.287 e. The molecule has 0 radical (unpaired) electrons. The molecule has 0 aromatic heterocycles. The lowest BCUT2D eigenvalue weighted by Crippen LogP contribution is -2.01. The second-order valence-corrected chi connectivity index (χ2v) is 6.73. The minimum atomic E-state index is -3.46. The highest BCUT2D eigenvalue weighted by atomic mass is 79.9. The summed E-state index contributed by atoms with van der Waals surface area (Å²) in [5.41, 5.74) is 0.865.